The van der Waals surface area contributed by atoms with E-state index in [4.69, 9.17) is 4.74 Å². The number of carbonyl (C=O) groups excluding carboxylic acids is 1. The van der Waals surface area contributed by atoms with E-state index in [1.165, 1.54) is 32.3 Å². The topological polar surface area (TPSA) is 79.0 Å². The van der Waals surface area contributed by atoms with Crippen LogP contribution < -0.4 is 14.4 Å². The molecule has 30 heavy (non-hydrogen) atoms. The Hall–Kier alpha value is -2.65. The molecular formula is C21H28FN3O4S. The highest BCUT2D eigenvalue weighted by Crippen LogP contribution is 2.22. The van der Waals surface area contributed by atoms with Gasteiger partial charge in [-0.25, -0.2) is 8.70 Å². The zero-order valence-electron chi connectivity index (χ0n) is 17.5. The monoisotopic (exact) mass is 437 g/mol. The average Bonchev–Trinajstić information content (AvgIpc) is 2.71. The molecule has 0 atom stereocenters. The van der Waals surface area contributed by atoms with Gasteiger partial charge < -0.3 is 10.1 Å². The molecule has 9 heteroatoms. The number of ether oxygens (including phenoxy) is 1. The number of nitrogens with zero attached hydrogens (tertiary/aromatic N) is 2. The molecule has 2 rings (SSSR count). The van der Waals surface area contributed by atoms with E-state index in [9.17, 15) is 17.6 Å². The van der Waals surface area contributed by atoms with E-state index in [1.807, 2.05) is 31.2 Å². The van der Waals surface area contributed by atoms with Crippen LogP contribution in [0.5, 0.6) is 5.75 Å². The number of aryl methyl sites for hydroxylation is 1. The Morgan fingerprint density at radius 1 is 1.10 bits per heavy atom. The largest absolute Gasteiger partial charge is 0.494 e. The highest BCUT2D eigenvalue weighted by molar-refractivity contribution is 7.90. The van der Waals surface area contributed by atoms with Crippen molar-refractivity contribution in [1.82, 2.24) is 9.62 Å². The zero-order valence-corrected chi connectivity index (χ0v) is 18.3. The lowest BCUT2D eigenvalue weighted by atomic mass is 10.1. The Kier molecular flexibility index (Phi) is 8.61. The molecule has 164 valence electrons. The number of rotatable bonds is 11. The molecule has 0 aliphatic heterocycles. The fraction of sp³-hybridized carbons (Fsp3) is 0.381. The van der Waals surface area contributed by atoms with Crippen molar-refractivity contribution in [3.05, 3.63) is 59.9 Å². The Bertz CT molecular complexity index is 934. The molecule has 0 heterocycles. The van der Waals surface area contributed by atoms with Crippen LogP contribution in [0.25, 0.3) is 0 Å². The smallest absolute Gasteiger partial charge is 0.304 e. The molecule has 2 aromatic carbocycles. The molecule has 0 aliphatic rings. The summed E-state index contributed by atoms with van der Waals surface area (Å²) >= 11 is 0. The molecule has 0 fully saturated rings. The number of para-hydroxylation sites is 1. The predicted octanol–water partition coefficient (Wildman–Crippen LogP) is 2.59. The minimum absolute atomic E-state index is 0.171. The second-order valence-electron chi connectivity index (χ2n) is 6.78. The first-order chi connectivity index (χ1) is 14.3. The van der Waals surface area contributed by atoms with Gasteiger partial charge in [-0.05, 0) is 49.6 Å². The van der Waals surface area contributed by atoms with E-state index in [0.29, 0.717) is 19.6 Å². The van der Waals surface area contributed by atoms with Gasteiger partial charge in [-0.15, -0.1) is 0 Å². The summed E-state index contributed by atoms with van der Waals surface area (Å²) in [4.78, 5) is 12.4. The zero-order chi connectivity index (χ0) is 22.1. The van der Waals surface area contributed by atoms with Crippen molar-refractivity contribution >= 4 is 21.8 Å². The molecule has 1 N–H and O–H groups in total. The van der Waals surface area contributed by atoms with Crippen LogP contribution in [0.2, 0.25) is 0 Å². The number of carbonyl (C=O) groups is 1. The Labute approximate surface area is 177 Å². The van der Waals surface area contributed by atoms with Gasteiger partial charge in [0.1, 0.15) is 18.1 Å². The van der Waals surface area contributed by atoms with Crippen LogP contribution in [0.4, 0.5) is 10.1 Å². The van der Waals surface area contributed by atoms with Gasteiger partial charge in [0.05, 0.1) is 12.3 Å². The molecule has 7 nitrogen and oxygen atoms in total. The number of hydrogen-bond donors (Lipinski definition) is 1. The van der Waals surface area contributed by atoms with Gasteiger partial charge in [-0.3, -0.25) is 4.79 Å². The summed E-state index contributed by atoms with van der Waals surface area (Å²) in [5.41, 5.74) is 0.937. The summed E-state index contributed by atoms with van der Waals surface area (Å²) in [6.07, 6.45) is 1.43. The summed E-state index contributed by atoms with van der Waals surface area (Å²) in [6.45, 7) is 2.40. The molecule has 0 unspecified atom stereocenters. The summed E-state index contributed by atoms with van der Waals surface area (Å²) in [5.74, 6) is -0.411. The van der Waals surface area contributed by atoms with E-state index in [-0.39, 0.29) is 5.69 Å². The number of anilines is 1. The van der Waals surface area contributed by atoms with Gasteiger partial charge in [0, 0.05) is 20.6 Å². The molecular weight excluding hydrogens is 409 g/mol. The lowest BCUT2D eigenvalue weighted by molar-refractivity contribution is -0.119. The fourth-order valence-corrected chi connectivity index (χ4v) is 3.84. The van der Waals surface area contributed by atoms with Crippen LogP contribution in [0.1, 0.15) is 18.9 Å². The third-order valence-corrected chi connectivity index (χ3v) is 6.15. The van der Waals surface area contributed by atoms with Gasteiger partial charge in [-0.2, -0.15) is 12.7 Å². The van der Waals surface area contributed by atoms with Gasteiger partial charge >= 0.3 is 10.2 Å². The van der Waals surface area contributed by atoms with E-state index in [2.05, 4.69) is 5.32 Å². The molecule has 0 aromatic heterocycles. The van der Waals surface area contributed by atoms with Crippen molar-refractivity contribution in [3.8, 4) is 5.75 Å². The maximum absolute atomic E-state index is 14.2. The maximum Gasteiger partial charge on any atom is 0.304 e. The summed E-state index contributed by atoms with van der Waals surface area (Å²) in [5, 5.41) is 2.70. The van der Waals surface area contributed by atoms with Crippen LogP contribution >= 0.6 is 0 Å². The van der Waals surface area contributed by atoms with Gasteiger partial charge in [0.15, 0.2) is 0 Å². The van der Waals surface area contributed by atoms with Crippen LogP contribution in [0, 0.1) is 5.82 Å². The molecule has 1 amide bonds. The van der Waals surface area contributed by atoms with Crippen LogP contribution in [0.3, 0.4) is 0 Å². The quantitative estimate of drug-likeness (QED) is 0.548. The Morgan fingerprint density at radius 3 is 2.37 bits per heavy atom. The van der Waals surface area contributed by atoms with Crippen molar-refractivity contribution in [2.75, 3.05) is 38.1 Å². The molecule has 2 aromatic rings. The highest BCUT2D eigenvalue weighted by atomic mass is 32.2. The van der Waals surface area contributed by atoms with Crippen molar-refractivity contribution in [1.29, 1.82) is 0 Å². The summed E-state index contributed by atoms with van der Waals surface area (Å²) in [6, 6.07) is 13.2. The third-order valence-electron chi connectivity index (χ3n) is 4.35. The van der Waals surface area contributed by atoms with Crippen LogP contribution in [-0.4, -0.2) is 52.4 Å². The Balaban J connectivity index is 1.94. The van der Waals surface area contributed by atoms with Crippen molar-refractivity contribution < 1.29 is 22.3 Å². The van der Waals surface area contributed by atoms with E-state index < -0.39 is 28.5 Å². The van der Waals surface area contributed by atoms with Crippen molar-refractivity contribution in [2.24, 2.45) is 0 Å². The lowest BCUT2D eigenvalue weighted by Crippen LogP contribution is -2.46. The van der Waals surface area contributed by atoms with E-state index in [0.717, 1.165) is 32.4 Å². The van der Waals surface area contributed by atoms with Gasteiger partial charge in [0.25, 0.3) is 0 Å². The summed E-state index contributed by atoms with van der Waals surface area (Å²) < 4.78 is 46.5. The van der Waals surface area contributed by atoms with Crippen molar-refractivity contribution in [3.63, 3.8) is 0 Å². The Morgan fingerprint density at radius 2 is 1.77 bits per heavy atom. The molecule has 0 aliphatic carbocycles. The van der Waals surface area contributed by atoms with Crippen LogP contribution in [0.15, 0.2) is 48.5 Å². The average molecular weight is 438 g/mol. The maximum atomic E-state index is 14.2. The standard InChI is InChI=1S/C21H28FN3O4S/c1-4-29-18-13-11-17(12-14-18)8-7-15-23-21(26)16-25(30(27,28)24(2)3)20-10-6-5-9-19(20)22/h5-6,9-14H,4,7-8,15-16H2,1-3H3,(H,23,26). The van der Waals surface area contributed by atoms with Crippen LogP contribution in [-0.2, 0) is 21.4 Å². The third kappa shape index (κ3) is 6.43. The normalized spacial score (nSPS) is 11.4. The number of halogens is 1. The highest BCUT2D eigenvalue weighted by Gasteiger charge is 2.29. The van der Waals surface area contributed by atoms with Crippen molar-refractivity contribution in [2.45, 2.75) is 19.8 Å². The lowest BCUT2D eigenvalue weighted by Gasteiger charge is -2.27. The number of hydrogen-bond acceptors (Lipinski definition) is 4. The van der Waals surface area contributed by atoms with Gasteiger partial charge in [0.2, 0.25) is 5.91 Å². The van der Waals surface area contributed by atoms with E-state index in [1.54, 1.807) is 0 Å². The van der Waals surface area contributed by atoms with Gasteiger partial charge in [-0.1, -0.05) is 24.3 Å². The minimum atomic E-state index is -4.04. The minimum Gasteiger partial charge on any atom is -0.494 e. The summed E-state index contributed by atoms with van der Waals surface area (Å²) in [7, 11) is -1.38. The fourth-order valence-electron chi connectivity index (χ4n) is 2.77. The predicted molar refractivity (Wildman–Crippen MR) is 115 cm³/mol. The number of amides is 1. The number of nitrogens with one attached hydrogen (secondary N) is 1. The first-order valence-corrected chi connectivity index (χ1v) is 11.1. The second kappa shape index (κ2) is 10.9. The molecule has 0 radical (unpaired) electrons. The SMILES string of the molecule is CCOc1ccc(CCCNC(=O)CN(c2ccccc2F)S(=O)(=O)N(C)C)cc1. The molecule has 0 saturated carbocycles. The molecule has 0 bridgehead atoms. The molecule has 0 saturated heterocycles. The second-order valence-corrected chi connectivity index (χ2v) is 8.85. The molecule has 0 spiro atoms. The van der Waals surface area contributed by atoms with E-state index >= 15 is 0 Å². The number of benzene rings is 2. The first-order valence-electron chi connectivity index (χ1n) is 9.69. The first kappa shape index (κ1) is 23.6.